The minimum atomic E-state index is -0.262. The largest absolute Gasteiger partial charge is 0.494 e. The van der Waals surface area contributed by atoms with Crippen molar-refractivity contribution in [1.29, 1.82) is 0 Å². The van der Waals surface area contributed by atoms with Crippen molar-refractivity contribution >= 4 is 34.9 Å². The van der Waals surface area contributed by atoms with Gasteiger partial charge in [-0.15, -0.1) is 0 Å². The average molecular weight is 559 g/mol. The fourth-order valence-corrected chi connectivity index (χ4v) is 5.69. The normalized spacial score (nSPS) is 16.9. The van der Waals surface area contributed by atoms with Gasteiger partial charge < -0.3 is 14.4 Å². The van der Waals surface area contributed by atoms with E-state index in [9.17, 15) is 9.59 Å². The van der Waals surface area contributed by atoms with E-state index in [4.69, 9.17) is 14.6 Å². The number of aromatic nitrogens is 2. The van der Waals surface area contributed by atoms with Crippen LogP contribution in [-0.4, -0.2) is 58.0 Å². The number of likely N-dealkylation sites (tertiary alicyclic amines) is 1. The molecule has 0 aliphatic carbocycles. The molecule has 1 fully saturated rings. The van der Waals surface area contributed by atoms with Crippen LogP contribution < -0.4 is 4.74 Å². The van der Waals surface area contributed by atoms with Crippen LogP contribution in [-0.2, 0) is 14.3 Å². The summed E-state index contributed by atoms with van der Waals surface area (Å²) in [4.78, 5) is 32.1. The van der Waals surface area contributed by atoms with Crippen LogP contribution in [0.25, 0.3) is 23.0 Å². The molecular weight excluding hydrogens is 524 g/mol. The van der Waals surface area contributed by atoms with Crippen LogP contribution in [0.5, 0.6) is 5.75 Å². The maximum absolute atomic E-state index is 13.0. The Labute approximate surface area is 239 Å². The monoisotopic (exact) mass is 558 g/mol. The number of thioether (sulfide) groups is 1. The maximum Gasteiger partial charge on any atom is 0.309 e. The Bertz CT molecular complexity index is 1410. The van der Waals surface area contributed by atoms with Crippen LogP contribution in [0.4, 0.5) is 0 Å². The molecule has 0 radical (unpaired) electrons. The Morgan fingerprint density at radius 3 is 2.65 bits per heavy atom. The molecule has 208 valence electrons. The number of piperidine rings is 1. The molecule has 40 heavy (non-hydrogen) atoms. The second kappa shape index (κ2) is 13.0. The number of rotatable bonds is 9. The van der Waals surface area contributed by atoms with Gasteiger partial charge in [0.25, 0.3) is 5.91 Å². The smallest absolute Gasteiger partial charge is 0.309 e. The molecule has 2 aromatic carbocycles. The predicted molar refractivity (Wildman–Crippen MR) is 158 cm³/mol. The summed E-state index contributed by atoms with van der Waals surface area (Å²) >= 11 is 1.38. The van der Waals surface area contributed by atoms with Gasteiger partial charge in [0.2, 0.25) is 0 Å². The van der Waals surface area contributed by atoms with Gasteiger partial charge in [-0.3, -0.25) is 9.59 Å². The SMILES string of the molecule is CCCCOc1cccc(-c2nn(-c3ccccc3)cc2C=C2SC(N3CCC(C(=O)OCC)CC3)=NC2=O)c1. The van der Waals surface area contributed by atoms with Crippen LogP contribution in [0, 0.1) is 5.92 Å². The lowest BCUT2D eigenvalue weighted by Gasteiger charge is -2.31. The molecule has 9 heteroatoms. The van der Waals surface area contributed by atoms with Crippen molar-refractivity contribution in [2.75, 3.05) is 26.3 Å². The molecule has 2 aliphatic rings. The number of carbonyl (C=O) groups excluding carboxylic acids is 2. The summed E-state index contributed by atoms with van der Waals surface area (Å²) in [5.74, 6) is 0.300. The fraction of sp³-hybridized carbons (Fsp3) is 0.355. The highest BCUT2D eigenvalue weighted by Gasteiger charge is 2.32. The number of esters is 1. The highest BCUT2D eigenvalue weighted by atomic mass is 32.2. The Hall–Kier alpha value is -3.85. The maximum atomic E-state index is 13.0. The molecule has 3 aromatic rings. The lowest BCUT2D eigenvalue weighted by atomic mass is 9.97. The zero-order chi connectivity index (χ0) is 27.9. The van der Waals surface area contributed by atoms with Gasteiger partial charge in [-0.25, -0.2) is 4.68 Å². The van der Waals surface area contributed by atoms with Crippen molar-refractivity contribution in [3.8, 4) is 22.7 Å². The zero-order valence-electron chi connectivity index (χ0n) is 22.9. The van der Waals surface area contributed by atoms with Gasteiger partial charge in [0.05, 0.1) is 29.7 Å². The Morgan fingerprint density at radius 1 is 1.10 bits per heavy atom. The standard InChI is InChI=1S/C31H34N4O4S/c1-3-5-18-39-26-13-9-10-23(19-26)28-24(21-35(33-28)25-11-7-6-8-12-25)20-27-29(36)32-31(40-27)34-16-14-22(15-17-34)30(37)38-4-2/h6-13,19-22H,3-5,14-18H2,1-2H3. The Kier molecular flexibility index (Phi) is 9.01. The van der Waals surface area contributed by atoms with Crippen molar-refractivity contribution in [2.45, 2.75) is 39.5 Å². The lowest BCUT2D eigenvalue weighted by Crippen LogP contribution is -2.39. The molecular formula is C31H34N4O4S. The first-order valence-electron chi connectivity index (χ1n) is 13.9. The van der Waals surface area contributed by atoms with E-state index in [0.29, 0.717) is 49.2 Å². The highest BCUT2D eigenvalue weighted by molar-refractivity contribution is 8.18. The molecule has 2 aliphatic heterocycles. The molecule has 1 amide bonds. The molecule has 0 bridgehead atoms. The van der Waals surface area contributed by atoms with E-state index < -0.39 is 0 Å². The van der Waals surface area contributed by atoms with Gasteiger partial charge in [0.15, 0.2) is 5.17 Å². The van der Waals surface area contributed by atoms with Crippen LogP contribution >= 0.6 is 11.8 Å². The van der Waals surface area contributed by atoms with E-state index in [1.165, 1.54) is 11.8 Å². The topological polar surface area (TPSA) is 86.0 Å². The summed E-state index contributed by atoms with van der Waals surface area (Å²) in [6.45, 7) is 6.35. The number of aliphatic imine (C=N–C) groups is 1. The molecule has 3 heterocycles. The number of carbonyl (C=O) groups is 2. The summed E-state index contributed by atoms with van der Waals surface area (Å²) in [5.41, 5.74) is 3.42. The number of amidine groups is 1. The fourth-order valence-electron chi connectivity index (χ4n) is 4.74. The third-order valence-corrected chi connectivity index (χ3v) is 7.96. The van der Waals surface area contributed by atoms with E-state index >= 15 is 0 Å². The second-order valence-corrected chi connectivity index (χ2v) is 10.8. The molecule has 5 rings (SSSR count). The zero-order valence-corrected chi connectivity index (χ0v) is 23.7. The molecule has 0 saturated carbocycles. The lowest BCUT2D eigenvalue weighted by molar-refractivity contribution is -0.149. The summed E-state index contributed by atoms with van der Waals surface area (Å²) in [7, 11) is 0. The number of benzene rings is 2. The van der Waals surface area contributed by atoms with Crippen LogP contribution in [0.2, 0.25) is 0 Å². The molecule has 1 aromatic heterocycles. The van der Waals surface area contributed by atoms with E-state index in [2.05, 4.69) is 16.8 Å². The average Bonchev–Trinajstić information content (AvgIpc) is 3.58. The number of hydrogen-bond acceptors (Lipinski definition) is 7. The first-order valence-corrected chi connectivity index (χ1v) is 14.7. The summed E-state index contributed by atoms with van der Waals surface area (Å²) < 4.78 is 13.0. The van der Waals surface area contributed by atoms with Crippen molar-refractivity contribution in [3.05, 3.63) is 71.3 Å². The van der Waals surface area contributed by atoms with Gasteiger partial charge in [-0.1, -0.05) is 43.7 Å². The van der Waals surface area contributed by atoms with Gasteiger partial charge in [0, 0.05) is 30.4 Å². The number of nitrogens with zero attached hydrogens (tertiary/aromatic N) is 4. The van der Waals surface area contributed by atoms with Gasteiger partial charge in [-0.2, -0.15) is 10.1 Å². The highest BCUT2D eigenvalue weighted by Crippen LogP contribution is 2.35. The third-order valence-electron chi connectivity index (χ3n) is 6.92. The number of ether oxygens (including phenoxy) is 2. The van der Waals surface area contributed by atoms with E-state index in [0.717, 1.165) is 41.1 Å². The molecule has 8 nitrogen and oxygen atoms in total. The van der Waals surface area contributed by atoms with Crippen molar-refractivity contribution in [1.82, 2.24) is 14.7 Å². The van der Waals surface area contributed by atoms with Crippen molar-refractivity contribution in [2.24, 2.45) is 10.9 Å². The molecule has 0 N–H and O–H groups in total. The molecule has 0 spiro atoms. The van der Waals surface area contributed by atoms with E-state index in [1.807, 2.05) is 78.5 Å². The van der Waals surface area contributed by atoms with Crippen LogP contribution in [0.15, 0.2) is 70.7 Å². The van der Waals surface area contributed by atoms with Gasteiger partial charge >= 0.3 is 5.97 Å². The predicted octanol–water partition coefficient (Wildman–Crippen LogP) is 5.96. The summed E-state index contributed by atoms with van der Waals surface area (Å²) in [6.07, 6.45) is 7.26. The number of hydrogen-bond donors (Lipinski definition) is 0. The van der Waals surface area contributed by atoms with Gasteiger partial charge in [-0.05, 0) is 68.3 Å². The second-order valence-electron chi connectivity index (χ2n) is 9.77. The van der Waals surface area contributed by atoms with E-state index in [-0.39, 0.29) is 17.8 Å². The third kappa shape index (κ3) is 6.47. The summed E-state index contributed by atoms with van der Waals surface area (Å²) in [5, 5.41) is 5.59. The first-order chi connectivity index (χ1) is 19.6. The number of amides is 1. The molecule has 1 saturated heterocycles. The van der Waals surface area contributed by atoms with E-state index in [1.54, 1.807) is 0 Å². The number of para-hydroxylation sites is 1. The van der Waals surface area contributed by atoms with Crippen molar-refractivity contribution in [3.63, 3.8) is 0 Å². The first kappa shape index (κ1) is 27.7. The minimum absolute atomic E-state index is 0.0954. The van der Waals surface area contributed by atoms with Crippen LogP contribution in [0.3, 0.4) is 0 Å². The molecule has 0 unspecified atom stereocenters. The molecule has 0 atom stereocenters. The van der Waals surface area contributed by atoms with Crippen LogP contribution in [0.1, 0.15) is 45.1 Å². The number of unbranched alkanes of at least 4 members (excludes halogenated alkanes) is 1. The quantitative estimate of drug-likeness (QED) is 0.182. The summed E-state index contributed by atoms with van der Waals surface area (Å²) in [6, 6.07) is 17.8. The Morgan fingerprint density at radius 2 is 1.90 bits per heavy atom. The van der Waals surface area contributed by atoms with Crippen molar-refractivity contribution < 1.29 is 19.1 Å². The minimum Gasteiger partial charge on any atom is -0.494 e. The van der Waals surface area contributed by atoms with Gasteiger partial charge in [0.1, 0.15) is 11.4 Å². The Balaban J connectivity index is 1.38.